The van der Waals surface area contributed by atoms with Crippen molar-refractivity contribution in [3.8, 4) is 0 Å². The van der Waals surface area contributed by atoms with Crippen molar-refractivity contribution in [3.63, 3.8) is 0 Å². The zero-order chi connectivity index (χ0) is 21.2. The van der Waals surface area contributed by atoms with Crippen molar-refractivity contribution in [1.29, 1.82) is 0 Å². The molecule has 0 aromatic carbocycles. The molecule has 152 valence electrons. The lowest BCUT2D eigenvalue weighted by Gasteiger charge is -2.25. The standard InChI is InChI=1S/C24H36N3P/c1-13-16(4)22(25(10)19(13)7)28(23-17(5)14(2)20(8)26(23)11)24-18(6)15(3)21(9)27(24)12/h1-12H3. The molecule has 0 spiro atoms. The van der Waals surface area contributed by atoms with Crippen LogP contribution < -0.4 is 16.3 Å². The molecule has 0 saturated heterocycles. The van der Waals surface area contributed by atoms with E-state index in [1.807, 2.05) is 0 Å². The third-order valence-corrected chi connectivity index (χ3v) is 10.6. The Morgan fingerprint density at radius 3 is 0.750 bits per heavy atom. The molecule has 28 heavy (non-hydrogen) atoms. The van der Waals surface area contributed by atoms with E-state index in [-0.39, 0.29) is 0 Å². The maximum Gasteiger partial charge on any atom is 0.0564 e. The van der Waals surface area contributed by atoms with E-state index < -0.39 is 7.92 Å². The Kier molecular flexibility index (Phi) is 5.21. The van der Waals surface area contributed by atoms with Crippen molar-refractivity contribution in [2.45, 2.75) is 62.3 Å². The van der Waals surface area contributed by atoms with Crippen molar-refractivity contribution in [1.82, 2.24) is 13.7 Å². The fourth-order valence-electron chi connectivity index (χ4n) is 4.56. The minimum Gasteiger partial charge on any atom is -0.347 e. The Morgan fingerprint density at radius 1 is 0.393 bits per heavy atom. The molecule has 3 aromatic heterocycles. The summed E-state index contributed by atoms with van der Waals surface area (Å²) in [5.41, 5.74) is 17.2. The molecule has 0 N–H and O–H groups in total. The number of nitrogens with zero attached hydrogens (tertiary/aromatic N) is 3. The largest absolute Gasteiger partial charge is 0.347 e. The van der Waals surface area contributed by atoms with Gasteiger partial charge in [-0.25, -0.2) is 0 Å². The van der Waals surface area contributed by atoms with Gasteiger partial charge >= 0.3 is 0 Å². The molecule has 0 aliphatic heterocycles. The molecule has 3 heterocycles. The zero-order valence-corrected chi connectivity index (χ0v) is 20.7. The highest BCUT2D eigenvalue weighted by atomic mass is 31.1. The summed E-state index contributed by atoms with van der Waals surface area (Å²) in [6, 6.07) is 0. The lowest BCUT2D eigenvalue weighted by Crippen LogP contribution is -2.34. The molecule has 3 rings (SSSR count). The van der Waals surface area contributed by atoms with Gasteiger partial charge in [-0.05, 0) is 95.7 Å². The summed E-state index contributed by atoms with van der Waals surface area (Å²) in [5, 5.41) is 0. The van der Waals surface area contributed by atoms with Crippen LogP contribution in [0.3, 0.4) is 0 Å². The van der Waals surface area contributed by atoms with Gasteiger partial charge in [0, 0.05) is 46.1 Å². The molecule has 3 nitrogen and oxygen atoms in total. The third-order valence-electron chi connectivity index (χ3n) is 7.42. The summed E-state index contributed by atoms with van der Waals surface area (Å²) in [7, 11) is 6.07. The summed E-state index contributed by atoms with van der Waals surface area (Å²) < 4.78 is 7.35. The predicted molar refractivity (Wildman–Crippen MR) is 125 cm³/mol. The van der Waals surface area contributed by atoms with Gasteiger partial charge in [0.05, 0.1) is 16.3 Å². The SMILES string of the molecule is Cc1c(C)c(P(c2c(C)c(C)c(C)n2C)c2c(C)c(C)c(C)n2C)n(C)c1C. The molecular weight excluding hydrogens is 361 g/mol. The van der Waals surface area contributed by atoms with Crippen LogP contribution in [-0.4, -0.2) is 13.7 Å². The second-order valence-electron chi connectivity index (χ2n) is 8.49. The lowest BCUT2D eigenvalue weighted by atomic mass is 10.2. The first-order valence-corrected chi connectivity index (χ1v) is 11.4. The van der Waals surface area contributed by atoms with Crippen molar-refractivity contribution in [3.05, 3.63) is 50.5 Å². The lowest BCUT2D eigenvalue weighted by molar-refractivity contribution is 0.888. The number of hydrogen-bond acceptors (Lipinski definition) is 0. The molecule has 0 fully saturated rings. The first-order valence-electron chi connectivity index (χ1n) is 10.1. The zero-order valence-electron chi connectivity index (χ0n) is 19.8. The Hall–Kier alpha value is -1.73. The van der Waals surface area contributed by atoms with E-state index in [0.29, 0.717) is 0 Å². The minimum atomic E-state index is -0.668. The summed E-state index contributed by atoms with van der Waals surface area (Å²) in [6.07, 6.45) is 0. The van der Waals surface area contributed by atoms with Crippen LogP contribution in [0.2, 0.25) is 0 Å². The Balaban J connectivity index is 2.51. The average Bonchev–Trinajstić information content (AvgIpc) is 3.06. The van der Waals surface area contributed by atoms with Gasteiger partial charge in [0.15, 0.2) is 0 Å². The van der Waals surface area contributed by atoms with Gasteiger partial charge < -0.3 is 13.7 Å². The van der Waals surface area contributed by atoms with Gasteiger partial charge in [0.25, 0.3) is 0 Å². The molecule has 0 atom stereocenters. The van der Waals surface area contributed by atoms with Gasteiger partial charge in [-0.3, -0.25) is 0 Å². The summed E-state index contributed by atoms with van der Waals surface area (Å²) >= 11 is 0. The van der Waals surface area contributed by atoms with E-state index in [4.69, 9.17) is 0 Å². The maximum absolute atomic E-state index is 2.45. The number of rotatable bonds is 3. The number of aromatic nitrogens is 3. The molecule has 3 aromatic rings. The van der Waals surface area contributed by atoms with Gasteiger partial charge in [-0.2, -0.15) is 0 Å². The van der Waals surface area contributed by atoms with E-state index in [1.54, 1.807) is 0 Å². The predicted octanol–water partition coefficient (Wildman–Crippen LogP) is 4.24. The van der Waals surface area contributed by atoms with E-state index in [2.05, 4.69) is 97.2 Å². The van der Waals surface area contributed by atoms with Crippen LogP contribution in [0, 0.1) is 62.3 Å². The molecule has 0 aliphatic rings. The van der Waals surface area contributed by atoms with E-state index in [1.165, 1.54) is 66.8 Å². The molecular formula is C24H36N3P. The molecule has 0 amide bonds. The topological polar surface area (TPSA) is 14.8 Å². The molecule has 0 aliphatic carbocycles. The highest BCUT2D eigenvalue weighted by molar-refractivity contribution is 7.79. The van der Waals surface area contributed by atoms with E-state index in [0.717, 1.165) is 0 Å². The summed E-state index contributed by atoms with van der Waals surface area (Å²) in [5.74, 6) is 0. The Labute approximate surface area is 172 Å². The molecule has 0 radical (unpaired) electrons. The van der Waals surface area contributed by atoms with E-state index >= 15 is 0 Å². The monoisotopic (exact) mass is 397 g/mol. The Morgan fingerprint density at radius 2 is 0.607 bits per heavy atom. The smallest absolute Gasteiger partial charge is 0.0564 e. The molecule has 0 bridgehead atoms. The first-order chi connectivity index (χ1) is 12.9. The van der Waals surface area contributed by atoms with Crippen LogP contribution in [0.4, 0.5) is 0 Å². The third kappa shape index (κ3) is 2.66. The summed E-state index contributed by atoms with van der Waals surface area (Å²) in [4.78, 5) is 0. The second kappa shape index (κ2) is 6.95. The number of hydrogen-bond donors (Lipinski definition) is 0. The first kappa shape index (κ1) is 21.0. The highest BCUT2D eigenvalue weighted by Crippen LogP contribution is 2.41. The normalized spacial score (nSPS) is 11.9. The van der Waals surface area contributed by atoms with Crippen LogP contribution in [0.1, 0.15) is 50.5 Å². The van der Waals surface area contributed by atoms with Crippen LogP contribution in [0.15, 0.2) is 0 Å². The van der Waals surface area contributed by atoms with Crippen LogP contribution in [-0.2, 0) is 21.1 Å². The van der Waals surface area contributed by atoms with E-state index in [9.17, 15) is 0 Å². The maximum atomic E-state index is 2.45. The van der Waals surface area contributed by atoms with Crippen molar-refractivity contribution in [2.75, 3.05) is 0 Å². The Bertz CT molecular complexity index is 874. The van der Waals surface area contributed by atoms with Gasteiger partial charge in [0.2, 0.25) is 0 Å². The van der Waals surface area contributed by atoms with Gasteiger partial charge in [-0.1, -0.05) is 0 Å². The molecule has 0 saturated carbocycles. The van der Waals surface area contributed by atoms with Crippen molar-refractivity contribution >= 4 is 24.2 Å². The molecule has 4 heteroatoms. The summed E-state index contributed by atoms with van der Waals surface area (Å²) in [6.45, 7) is 20.5. The van der Waals surface area contributed by atoms with Crippen LogP contribution >= 0.6 is 7.92 Å². The van der Waals surface area contributed by atoms with Gasteiger partial charge in [0.1, 0.15) is 0 Å². The fraction of sp³-hybridized carbons (Fsp3) is 0.500. The second-order valence-corrected chi connectivity index (χ2v) is 10.4. The van der Waals surface area contributed by atoms with Crippen molar-refractivity contribution in [2.24, 2.45) is 21.1 Å². The minimum absolute atomic E-state index is 0.668. The highest BCUT2D eigenvalue weighted by Gasteiger charge is 2.33. The quantitative estimate of drug-likeness (QED) is 0.588. The van der Waals surface area contributed by atoms with Crippen molar-refractivity contribution < 1.29 is 0 Å². The molecule has 0 unspecified atom stereocenters. The average molecular weight is 398 g/mol. The fourth-order valence-corrected chi connectivity index (χ4v) is 8.02. The van der Waals surface area contributed by atoms with Crippen LogP contribution in [0.25, 0.3) is 0 Å². The van der Waals surface area contributed by atoms with Gasteiger partial charge in [-0.15, -0.1) is 0 Å². The van der Waals surface area contributed by atoms with Crippen LogP contribution in [0.5, 0.6) is 0 Å².